The summed E-state index contributed by atoms with van der Waals surface area (Å²) in [5, 5.41) is 21.0. The molecule has 3 saturated heterocycles. The zero-order chi connectivity index (χ0) is 41.5. The lowest BCUT2D eigenvalue weighted by Gasteiger charge is -2.44. The Morgan fingerprint density at radius 3 is 2.48 bits per heavy atom. The van der Waals surface area contributed by atoms with Gasteiger partial charge >= 0.3 is 0 Å². The number of aromatic nitrogens is 2. The highest BCUT2D eigenvalue weighted by Gasteiger charge is 2.52. The number of benzene rings is 2. The number of rotatable bonds is 11. The van der Waals surface area contributed by atoms with Crippen LogP contribution in [0.2, 0.25) is 5.02 Å². The maximum absolute atomic E-state index is 13.6. The largest absolute Gasteiger partial charge is 0.378 e. The fraction of sp³-hybridized carbons (Fsp3) is 0.548. The summed E-state index contributed by atoms with van der Waals surface area (Å²) in [6, 6.07) is 13.1. The number of thiocarbonyl (C=S) groups is 1. The number of imide groups is 1. The number of nitrogens with zero attached hydrogens (tertiary/aromatic N) is 7. The van der Waals surface area contributed by atoms with Crippen molar-refractivity contribution in [2.24, 2.45) is 7.05 Å². The van der Waals surface area contributed by atoms with Gasteiger partial charge in [0.2, 0.25) is 17.7 Å². The van der Waals surface area contributed by atoms with Gasteiger partial charge in [-0.05, 0) is 103 Å². The summed E-state index contributed by atoms with van der Waals surface area (Å²) >= 11 is 12.2. The van der Waals surface area contributed by atoms with Crippen molar-refractivity contribution in [3.63, 3.8) is 0 Å². The number of nitriles is 1. The molecule has 3 atom stereocenters. The Bertz CT molecular complexity index is 2150. The first-order valence-electron chi connectivity index (χ1n) is 20.2. The predicted molar refractivity (Wildman–Crippen MR) is 225 cm³/mol. The average molecular weight is 830 g/mol. The van der Waals surface area contributed by atoms with E-state index in [4.69, 9.17) is 28.6 Å². The number of carbonyl (C=O) groups is 4. The van der Waals surface area contributed by atoms with E-state index in [1.54, 1.807) is 34.8 Å². The first kappa shape index (κ1) is 41.7. The molecule has 14 nitrogen and oxygen atoms in total. The molecule has 4 fully saturated rings. The van der Waals surface area contributed by atoms with Gasteiger partial charge in [0.05, 0.1) is 51.7 Å². The number of amides is 4. The predicted octanol–water partition coefficient (Wildman–Crippen LogP) is 5.08. The van der Waals surface area contributed by atoms with E-state index in [1.807, 2.05) is 32.0 Å². The van der Waals surface area contributed by atoms with E-state index < -0.39 is 11.5 Å². The molecule has 7 rings (SSSR count). The van der Waals surface area contributed by atoms with E-state index in [-0.39, 0.29) is 60.8 Å². The Labute approximate surface area is 349 Å². The van der Waals surface area contributed by atoms with E-state index in [0.717, 1.165) is 62.6 Å². The minimum Gasteiger partial charge on any atom is -0.378 e. The van der Waals surface area contributed by atoms with Gasteiger partial charge in [-0.15, -0.1) is 0 Å². The number of anilines is 2. The summed E-state index contributed by atoms with van der Waals surface area (Å²) < 4.78 is 8.08. The summed E-state index contributed by atoms with van der Waals surface area (Å²) in [5.74, 6) is -1.34. The van der Waals surface area contributed by atoms with Crippen LogP contribution in [-0.4, -0.2) is 116 Å². The number of aryl methyl sites for hydroxylation is 1. The lowest BCUT2D eigenvalue weighted by atomic mass is 9.89. The van der Waals surface area contributed by atoms with Crippen molar-refractivity contribution in [1.29, 1.82) is 5.26 Å². The van der Waals surface area contributed by atoms with Gasteiger partial charge in [0.1, 0.15) is 11.6 Å². The number of carbonyl (C=O) groups excluding carboxylic acids is 4. The van der Waals surface area contributed by atoms with Crippen molar-refractivity contribution in [2.75, 3.05) is 43.0 Å². The molecule has 1 aromatic heterocycles. The minimum atomic E-state index is -0.808. The first-order chi connectivity index (χ1) is 27.7. The van der Waals surface area contributed by atoms with Crippen molar-refractivity contribution in [1.82, 2.24) is 29.8 Å². The van der Waals surface area contributed by atoms with Crippen LogP contribution in [0.15, 0.2) is 36.4 Å². The van der Waals surface area contributed by atoms with Gasteiger partial charge in [0, 0.05) is 63.2 Å². The van der Waals surface area contributed by atoms with E-state index >= 15 is 0 Å². The summed E-state index contributed by atoms with van der Waals surface area (Å²) in [6.45, 7) is 11.7. The Morgan fingerprint density at radius 2 is 1.81 bits per heavy atom. The number of hydrogen-bond acceptors (Lipinski definition) is 10. The number of piperazine rings is 1. The second-order valence-corrected chi connectivity index (χ2v) is 17.4. The second-order valence-electron chi connectivity index (χ2n) is 16.7. The van der Waals surface area contributed by atoms with Crippen molar-refractivity contribution in [3.8, 4) is 6.07 Å². The third-order valence-electron chi connectivity index (χ3n) is 12.3. The summed E-state index contributed by atoms with van der Waals surface area (Å²) in [6.07, 6.45) is 5.27. The molecule has 1 unspecified atom stereocenters. The molecule has 4 amide bonds. The molecule has 1 saturated carbocycles. The van der Waals surface area contributed by atoms with Crippen LogP contribution >= 0.6 is 23.8 Å². The molecular formula is C42H52ClN9O5S. The van der Waals surface area contributed by atoms with Gasteiger partial charge in [-0.1, -0.05) is 23.7 Å². The summed E-state index contributed by atoms with van der Waals surface area (Å²) in [7, 11) is 1.80. The molecule has 3 aromatic rings. The number of piperidine rings is 1. The molecule has 1 aliphatic carbocycles. The Balaban J connectivity index is 0.853. The van der Waals surface area contributed by atoms with Crippen LogP contribution in [0.25, 0.3) is 10.9 Å². The van der Waals surface area contributed by atoms with Crippen LogP contribution in [0.5, 0.6) is 0 Å². The highest BCUT2D eigenvalue weighted by Crippen LogP contribution is 2.39. The molecule has 4 heterocycles. The number of ether oxygens (including phenoxy) is 1. The fourth-order valence-electron chi connectivity index (χ4n) is 9.39. The van der Waals surface area contributed by atoms with E-state index in [9.17, 15) is 24.4 Å². The Hall–Kier alpha value is -4.46. The standard InChI is InChI=1S/C42H52ClN9O5S/c1-25-22-49(23-26(2)50(25)24-36(54)45-34-9-6-8-31-37(47-48(5)38(31)34)32-16-17-35(53)46-39(32)55)18-7-19-57-30-14-12-28(13-15-30)52-41(58)51(40(56)42(52,3)4)29-11-10-27(21-44)33(43)20-29/h6,8-11,20,25-26,28,30,32H,7,12-19,22-24H2,1-5H3,(H,45,54)(H,46,53,55)/t25-,26+,28?,30?,32?. The third-order valence-corrected chi connectivity index (χ3v) is 13.0. The summed E-state index contributed by atoms with van der Waals surface area (Å²) in [5.41, 5.74) is 2.11. The molecule has 4 aliphatic rings. The van der Waals surface area contributed by atoms with E-state index in [0.29, 0.717) is 45.8 Å². The smallest absolute Gasteiger partial charge is 0.258 e. The van der Waals surface area contributed by atoms with Crippen LogP contribution in [0.4, 0.5) is 11.4 Å². The van der Waals surface area contributed by atoms with Gasteiger partial charge in [-0.2, -0.15) is 10.4 Å². The zero-order valence-electron chi connectivity index (χ0n) is 33.8. The second kappa shape index (κ2) is 17.0. The molecule has 0 radical (unpaired) electrons. The van der Waals surface area contributed by atoms with Crippen LogP contribution in [0.3, 0.4) is 0 Å². The highest BCUT2D eigenvalue weighted by molar-refractivity contribution is 7.80. The number of para-hydroxylation sites is 1. The Kier molecular flexibility index (Phi) is 12.2. The van der Waals surface area contributed by atoms with Crippen molar-refractivity contribution < 1.29 is 23.9 Å². The molecule has 0 bridgehead atoms. The molecular weight excluding hydrogens is 778 g/mol. The van der Waals surface area contributed by atoms with Crippen LogP contribution in [-0.2, 0) is 31.0 Å². The molecule has 2 aromatic carbocycles. The minimum absolute atomic E-state index is 0.105. The zero-order valence-corrected chi connectivity index (χ0v) is 35.4. The first-order valence-corrected chi connectivity index (χ1v) is 21.0. The normalized spacial score (nSPS) is 25.6. The van der Waals surface area contributed by atoms with Crippen molar-refractivity contribution in [3.05, 3.63) is 52.7 Å². The summed E-state index contributed by atoms with van der Waals surface area (Å²) in [4.78, 5) is 59.8. The maximum atomic E-state index is 13.6. The molecule has 308 valence electrons. The number of hydrogen-bond donors (Lipinski definition) is 2. The van der Waals surface area contributed by atoms with Crippen LogP contribution in [0.1, 0.15) is 89.8 Å². The molecule has 2 N–H and O–H groups in total. The van der Waals surface area contributed by atoms with Crippen molar-refractivity contribution in [2.45, 2.75) is 108 Å². The highest BCUT2D eigenvalue weighted by atomic mass is 35.5. The van der Waals surface area contributed by atoms with E-state index in [1.165, 1.54) is 0 Å². The molecule has 58 heavy (non-hydrogen) atoms. The van der Waals surface area contributed by atoms with E-state index in [2.05, 4.69) is 50.3 Å². The number of fused-ring (bicyclic) bond motifs is 1. The quantitative estimate of drug-likeness (QED) is 0.151. The monoisotopic (exact) mass is 829 g/mol. The topological polar surface area (TPSA) is 156 Å². The van der Waals surface area contributed by atoms with Crippen LogP contribution in [0, 0.1) is 11.3 Å². The number of nitrogens with one attached hydrogen (secondary N) is 2. The van der Waals surface area contributed by atoms with Gasteiger partial charge < -0.3 is 19.9 Å². The lowest BCUT2D eigenvalue weighted by Crippen LogP contribution is -2.58. The van der Waals surface area contributed by atoms with Gasteiger partial charge in [-0.3, -0.25) is 39.0 Å². The van der Waals surface area contributed by atoms with Crippen LogP contribution < -0.4 is 15.5 Å². The lowest BCUT2D eigenvalue weighted by molar-refractivity contribution is -0.134. The average Bonchev–Trinajstić information content (AvgIpc) is 3.60. The fourth-order valence-corrected chi connectivity index (χ4v) is 10.2. The number of halogens is 1. The molecule has 16 heteroatoms. The Morgan fingerprint density at radius 1 is 1.09 bits per heavy atom. The van der Waals surface area contributed by atoms with Gasteiger partial charge in [0.25, 0.3) is 5.91 Å². The molecule has 0 spiro atoms. The molecule has 3 aliphatic heterocycles. The SMILES string of the molecule is C[C@@H]1CN(CCCOC2CCC(N3C(=S)N(c4ccc(C#N)c(Cl)c4)C(=O)C3(C)C)CC2)C[C@H](C)N1CC(=O)Nc1cccc2c(C3CCC(=O)NC3=O)nn(C)c12. The third kappa shape index (κ3) is 8.22. The maximum Gasteiger partial charge on any atom is 0.258 e. The van der Waals surface area contributed by atoms with Gasteiger partial charge in [-0.25, -0.2) is 0 Å². The van der Waals surface area contributed by atoms with Gasteiger partial charge in [0.15, 0.2) is 5.11 Å². The van der Waals surface area contributed by atoms with Crippen molar-refractivity contribution >= 4 is 74.8 Å².